The average Bonchev–Trinajstić information content (AvgIpc) is 3.19. The van der Waals surface area contributed by atoms with Crippen LogP contribution in [0.5, 0.6) is 5.75 Å². The van der Waals surface area contributed by atoms with Gasteiger partial charge in [0.05, 0.1) is 32.0 Å². The third kappa shape index (κ3) is 5.70. The normalized spacial score (nSPS) is 16.8. The average molecular weight is 383 g/mol. The summed E-state index contributed by atoms with van der Waals surface area (Å²) in [6, 6.07) is 10.3. The number of rotatable bonds is 7. The summed E-state index contributed by atoms with van der Waals surface area (Å²) >= 11 is 0. The number of benzene rings is 1. The van der Waals surface area contributed by atoms with E-state index in [1.165, 1.54) is 11.1 Å². The van der Waals surface area contributed by atoms with Gasteiger partial charge in [-0.25, -0.2) is 4.99 Å². The zero-order chi connectivity index (χ0) is 19.8. The van der Waals surface area contributed by atoms with E-state index in [9.17, 15) is 0 Å². The molecule has 1 fully saturated rings. The van der Waals surface area contributed by atoms with Crippen LogP contribution in [-0.2, 0) is 17.8 Å². The van der Waals surface area contributed by atoms with Crippen LogP contribution in [0.4, 0.5) is 0 Å². The molecule has 0 saturated carbocycles. The van der Waals surface area contributed by atoms with Gasteiger partial charge in [0.15, 0.2) is 5.96 Å². The van der Waals surface area contributed by atoms with Gasteiger partial charge in [-0.2, -0.15) is 0 Å². The maximum atomic E-state index is 6.18. The number of pyridine rings is 1. The highest BCUT2D eigenvalue weighted by Gasteiger charge is 2.18. The molecule has 0 radical (unpaired) electrons. The Kier molecular flexibility index (Phi) is 7.25. The maximum Gasteiger partial charge on any atom is 0.191 e. The van der Waals surface area contributed by atoms with E-state index < -0.39 is 0 Å². The highest BCUT2D eigenvalue weighted by Crippen LogP contribution is 2.24. The molecule has 1 aliphatic heterocycles. The second-order valence-electron chi connectivity index (χ2n) is 7.03. The summed E-state index contributed by atoms with van der Waals surface area (Å²) in [5.41, 5.74) is 4.44. The molecule has 0 bridgehead atoms. The van der Waals surface area contributed by atoms with E-state index in [0.717, 1.165) is 42.5 Å². The van der Waals surface area contributed by atoms with Crippen LogP contribution in [-0.4, -0.2) is 36.8 Å². The first-order chi connectivity index (χ1) is 13.7. The third-order valence-electron chi connectivity index (χ3n) is 4.70. The number of aliphatic imine (C=N–C) groups is 1. The van der Waals surface area contributed by atoms with Crippen LogP contribution < -0.4 is 15.4 Å². The topological polar surface area (TPSA) is 67.8 Å². The predicted octanol–water partition coefficient (Wildman–Crippen LogP) is 3.12. The van der Waals surface area contributed by atoms with Crippen molar-refractivity contribution in [3.05, 3.63) is 58.9 Å². The van der Waals surface area contributed by atoms with Crippen molar-refractivity contribution in [3.63, 3.8) is 0 Å². The van der Waals surface area contributed by atoms with Crippen LogP contribution in [0, 0.1) is 13.8 Å². The number of aromatic nitrogens is 1. The molecule has 3 rings (SSSR count). The van der Waals surface area contributed by atoms with Crippen molar-refractivity contribution < 1.29 is 9.47 Å². The highest BCUT2D eigenvalue weighted by atomic mass is 16.5. The Hall–Kier alpha value is -2.60. The van der Waals surface area contributed by atoms with Gasteiger partial charge in [-0.3, -0.25) is 4.98 Å². The maximum absolute atomic E-state index is 6.18. The van der Waals surface area contributed by atoms with E-state index in [0.29, 0.717) is 19.7 Å². The van der Waals surface area contributed by atoms with Crippen LogP contribution in [0.2, 0.25) is 0 Å². The van der Waals surface area contributed by atoms with E-state index in [2.05, 4.69) is 60.7 Å². The minimum Gasteiger partial charge on any atom is -0.488 e. The molecule has 1 unspecified atom stereocenters. The Morgan fingerprint density at radius 2 is 2.18 bits per heavy atom. The van der Waals surface area contributed by atoms with E-state index in [-0.39, 0.29) is 6.10 Å². The van der Waals surface area contributed by atoms with Crippen LogP contribution >= 0.6 is 0 Å². The zero-order valence-electron chi connectivity index (χ0n) is 17.0. The standard InChI is InChI=1S/C22H30N4O2/c1-4-23-22(26-14-20-17(3)6-5-10-24-20)25-13-18-8-7-16(2)12-21(18)28-19-9-11-27-15-19/h5-8,10,12,19H,4,9,11,13-15H2,1-3H3,(H2,23,25,26). The molecule has 2 heterocycles. The second kappa shape index (κ2) is 10.1. The highest BCUT2D eigenvalue weighted by molar-refractivity contribution is 5.79. The quantitative estimate of drug-likeness (QED) is 0.569. The Bertz CT molecular complexity index is 801. The molecule has 28 heavy (non-hydrogen) atoms. The SMILES string of the molecule is CCNC(=NCc1ccc(C)cc1OC1CCOC1)NCc1ncccc1C. The zero-order valence-corrected chi connectivity index (χ0v) is 17.0. The summed E-state index contributed by atoms with van der Waals surface area (Å²) in [5, 5.41) is 6.66. The van der Waals surface area contributed by atoms with Gasteiger partial charge in [-0.1, -0.05) is 18.2 Å². The molecule has 1 aromatic heterocycles. The molecule has 0 aliphatic carbocycles. The first-order valence-corrected chi connectivity index (χ1v) is 9.92. The molecule has 0 amide bonds. The lowest BCUT2D eigenvalue weighted by Crippen LogP contribution is -2.37. The van der Waals surface area contributed by atoms with Gasteiger partial charge < -0.3 is 20.1 Å². The second-order valence-corrected chi connectivity index (χ2v) is 7.03. The summed E-state index contributed by atoms with van der Waals surface area (Å²) < 4.78 is 11.6. The molecule has 0 spiro atoms. The van der Waals surface area contributed by atoms with Crippen molar-refractivity contribution in [2.75, 3.05) is 19.8 Å². The minimum atomic E-state index is 0.128. The van der Waals surface area contributed by atoms with E-state index in [1.54, 1.807) is 0 Å². The van der Waals surface area contributed by atoms with Gasteiger partial charge in [0.25, 0.3) is 0 Å². The molecule has 1 saturated heterocycles. The lowest BCUT2D eigenvalue weighted by molar-refractivity contribution is 0.140. The molecule has 2 aromatic rings. The fraction of sp³-hybridized carbons (Fsp3) is 0.455. The number of hydrogen-bond donors (Lipinski definition) is 2. The van der Waals surface area contributed by atoms with E-state index in [1.807, 2.05) is 12.3 Å². The number of nitrogens with zero attached hydrogens (tertiary/aromatic N) is 2. The fourth-order valence-electron chi connectivity index (χ4n) is 3.06. The van der Waals surface area contributed by atoms with Gasteiger partial charge in [0, 0.05) is 24.7 Å². The van der Waals surface area contributed by atoms with E-state index in [4.69, 9.17) is 14.5 Å². The van der Waals surface area contributed by atoms with Crippen molar-refractivity contribution in [2.24, 2.45) is 4.99 Å². The van der Waals surface area contributed by atoms with Crippen LogP contribution in [0.1, 0.15) is 35.7 Å². The third-order valence-corrected chi connectivity index (χ3v) is 4.70. The first kappa shape index (κ1) is 20.1. The molecule has 2 N–H and O–H groups in total. The molecule has 6 heteroatoms. The van der Waals surface area contributed by atoms with Gasteiger partial charge in [-0.05, 0) is 44.0 Å². The Labute approximate surface area is 167 Å². The number of nitrogens with one attached hydrogen (secondary N) is 2. The van der Waals surface area contributed by atoms with Gasteiger partial charge in [0.1, 0.15) is 11.9 Å². The van der Waals surface area contributed by atoms with E-state index >= 15 is 0 Å². The lowest BCUT2D eigenvalue weighted by Gasteiger charge is -2.16. The molecule has 1 aromatic carbocycles. The Morgan fingerprint density at radius 1 is 1.29 bits per heavy atom. The minimum absolute atomic E-state index is 0.128. The van der Waals surface area contributed by atoms with Crippen LogP contribution in [0.15, 0.2) is 41.5 Å². The molecule has 1 aliphatic rings. The summed E-state index contributed by atoms with van der Waals surface area (Å²) in [4.78, 5) is 9.18. The van der Waals surface area contributed by atoms with Gasteiger partial charge >= 0.3 is 0 Å². The molecule has 1 atom stereocenters. The van der Waals surface area contributed by atoms with Crippen molar-refractivity contribution >= 4 is 5.96 Å². The summed E-state index contributed by atoms with van der Waals surface area (Å²) in [7, 11) is 0. The molecule has 150 valence electrons. The van der Waals surface area contributed by atoms with Crippen molar-refractivity contribution in [2.45, 2.75) is 46.4 Å². The molecular weight excluding hydrogens is 352 g/mol. The van der Waals surface area contributed by atoms with Gasteiger partial charge in [0.2, 0.25) is 0 Å². The molecule has 6 nitrogen and oxygen atoms in total. The van der Waals surface area contributed by atoms with Crippen LogP contribution in [0.3, 0.4) is 0 Å². The fourth-order valence-corrected chi connectivity index (χ4v) is 3.06. The number of aryl methyl sites for hydroxylation is 2. The summed E-state index contributed by atoms with van der Waals surface area (Å²) in [5.74, 6) is 1.67. The largest absolute Gasteiger partial charge is 0.488 e. The van der Waals surface area contributed by atoms with Crippen molar-refractivity contribution in [3.8, 4) is 5.75 Å². The van der Waals surface area contributed by atoms with Gasteiger partial charge in [-0.15, -0.1) is 0 Å². The molecular formula is C22H30N4O2. The summed E-state index contributed by atoms with van der Waals surface area (Å²) in [6.07, 6.45) is 2.88. The number of hydrogen-bond acceptors (Lipinski definition) is 4. The Balaban J connectivity index is 1.69. The smallest absolute Gasteiger partial charge is 0.191 e. The Morgan fingerprint density at radius 3 is 2.93 bits per heavy atom. The summed E-state index contributed by atoms with van der Waals surface area (Å²) in [6.45, 7) is 9.60. The van der Waals surface area contributed by atoms with Crippen molar-refractivity contribution in [1.82, 2.24) is 15.6 Å². The van der Waals surface area contributed by atoms with Crippen LogP contribution in [0.25, 0.3) is 0 Å². The number of ether oxygens (including phenoxy) is 2. The monoisotopic (exact) mass is 382 g/mol. The van der Waals surface area contributed by atoms with Crippen molar-refractivity contribution in [1.29, 1.82) is 0 Å². The lowest BCUT2D eigenvalue weighted by atomic mass is 10.1. The predicted molar refractivity (Wildman–Crippen MR) is 112 cm³/mol. The number of guanidine groups is 1. The first-order valence-electron chi connectivity index (χ1n) is 9.92.